The number of nitrogens with one attached hydrogen (secondary N) is 1. The normalized spacial score (nSPS) is 13.4. The highest BCUT2D eigenvalue weighted by Crippen LogP contribution is 2.39. The Morgan fingerprint density at radius 2 is 1.91 bits per heavy atom. The molecule has 0 unspecified atom stereocenters. The summed E-state index contributed by atoms with van der Waals surface area (Å²) in [6.07, 6.45) is 9.44. The molecule has 1 aliphatic rings. The van der Waals surface area contributed by atoms with E-state index in [0.29, 0.717) is 35.5 Å². The molecule has 3 N–H and O–H groups in total. The average Bonchev–Trinajstić information content (AvgIpc) is 3.63. The second-order valence-corrected chi connectivity index (χ2v) is 9.19. The van der Waals surface area contributed by atoms with Gasteiger partial charge in [0.1, 0.15) is 35.0 Å². The van der Waals surface area contributed by atoms with Gasteiger partial charge < -0.3 is 15.5 Å². The number of nitrogens with two attached hydrogens (primary N) is 1. The predicted octanol–water partition coefficient (Wildman–Crippen LogP) is 4.59. The number of anilines is 2. The van der Waals surface area contributed by atoms with E-state index in [0.717, 1.165) is 33.1 Å². The number of hydrogen-bond donors (Lipinski definition) is 2. The van der Waals surface area contributed by atoms with Crippen LogP contribution in [0, 0.1) is 13.8 Å². The molecule has 8 nitrogen and oxygen atoms in total. The second-order valence-electron chi connectivity index (χ2n) is 9.19. The van der Waals surface area contributed by atoms with Gasteiger partial charge in [0.25, 0.3) is 0 Å². The van der Waals surface area contributed by atoms with Crippen LogP contribution in [-0.2, 0) is 6.54 Å². The molecule has 4 heterocycles. The zero-order chi connectivity index (χ0) is 24.1. The van der Waals surface area contributed by atoms with E-state index in [4.69, 9.17) is 5.73 Å². The van der Waals surface area contributed by atoms with E-state index in [1.54, 1.807) is 18.5 Å². The number of nitrogens with zero attached hydrogens (tertiary/aromatic N) is 5. The number of hydrogen-bond acceptors (Lipinski definition) is 7. The summed E-state index contributed by atoms with van der Waals surface area (Å²) in [5.74, 6) is 1.52. The minimum atomic E-state index is -0.229. The number of aromatic nitrogens is 5. The van der Waals surface area contributed by atoms with Crippen molar-refractivity contribution in [2.45, 2.75) is 39.2 Å². The third-order valence-corrected chi connectivity index (χ3v) is 6.82. The largest absolute Gasteiger partial charge is 0.383 e. The number of benzene rings is 1. The number of fused-ring (bicyclic) bond motifs is 2. The molecule has 35 heavy (non-hydrogen) atoms. The molecule has 1 saturated carbocycles. The van der Waals surface area contributed by atoms with Crippen molar-refractivity contribution < 1.29 is 4.79 Å². The molecule has 5 aromatic rings. The van der Waals surface area contributed by atoms with Crippen LogP contribution in [0.2, 0.25) is 0 Å². The van der Waals surface area contributed by atoms with Crippen LogP contribution in [0.4, 0.5) is 11.6 Å². The van der Waals surface area contributed by atoms with Gasteiger partial charge in [0.2, 0.25) is 5.78 Å². The molecule has 0 radical (unpaired) electrons. The lowest BCUT2D eigenvalue weighted by Gasteiger charge is -2.15. The van der Waals surface area contributed by atoms with Gasteiger partial charge in [-0.1, -0.05) is 6.07 Å². The maximum atomic E-state index is 13.1. The van der Waals surface area contributed by atoms with Gasteiger partial charge in [-0.15, -0.1) is 0 Å². The zero-order valence-corrected chi connectivity index (χ0v) is 19.6. The van der Waals surface area contributed by atoms with Crippen molar-refractivity contribution in [2.75, 3.05) is 11.1 Å². The first-order valence-electron chi connectivity index (χ1n) is 11.7. The summed E-state index contributed by atoms with van der Waals surface area (Å²) in [5, 5.41) is 5.38. The summed E-state index contributed by atoms with van der Waals surface area (Å²) < 4.78 is 1.93. The first-order chi connectivity index (χ1) is 17.0. The van der Waals surface area contributed by atoms with Crippen LogP contribution in [0.1, 0.15) is 57.2 Å². The molecule has 0 saturated heterocycles. The summed E-state index contributed by atoms with van der Waals surface area (Å²) in [6.45, 7) is 4.69. The first kappa shape index (κ1) is 21.2. The molecular formula is C27H25N7O. The van der Waals surface area contributed by atoms with Crippen molar-refractivity contribution in [3.63, 3.8) is 0 Å². The SMILES string of the molecule is Cc1cc2c(N)nccc2c(C)c1CNc1cc(C(=O)c2cn3cc(C4CC4)ccc3n2)ncn1. The molecule has 1 aromatic carbocycles. The van der Waals surface area contributed by atoms with Crippen LogP contribution in [-0.4, -0.2) is 30.1 Å². The minimum absolute atomic E-state index is 0.229. The van der Waals surface area contributed by atoms with Crippen LogP contribution < -0.4 is 11.1 Å². The van der Waals surface area contributed by atoms with Crippen molar-refractivity contribution in [1.82, 2.24) is 24.3 Å². The second kappa shape index (κ2) is 8.16. The lowest BCUT2D eigenvalue weighted by Crippen LogP contribution is -2.09. The molecule has 8 heteroatoms. The molecule has 0 amide bonds. The third-order valence-electron chi connectivity index (χ3n) is 6.82. The first-order valence-corrected chi connectivity index (χ1v) is 11.7. The monoisotopic (exact) mass is 463 g/mol. The van der Waals surface area contributed by atoms with Crippen molar-refractivity contribution in [3.8, 4) is 0 Å². The van der Waals surface area contributed by atoms with Crippen LogP contribution >= 0.6 is 0 Å². The quantitative estimate of drug-likeness (QED) is 0.354. The van der Waals surface area contributed by atoms with Crippen LogP contribution in [0.5, 0.6) is 0 Å². The van der Waals surface area contributed by atoms with Gasteiger partial charge in [-0.25, -0.2) is 19.9 Å². The Hall–Kier alpha value is -4.33. The summed E-state index contributed by atoms with van der Waals surface area (Å²) in [7, 11) is 0. The molecular weight excluding hydrogens is 438 g/mol. The smallest absolute Gasteiger partial charge is 0.231 e. The highest BCUT2D eigenvalue weighted by molar-refractivity contribution is 6.07. The third kappa shape index (κ3) is 3.86. The van der Waals surface area contributed by atoms with Gasteiger partial charge in [-0.2, -0.15) is 0 Å². The summed E-state index contributed by atoms with van der Waals surface area (Å²) in [5.41, 5.74) is 12.2. The number of pyridine rings is 2. The van der Waals surface area contributed by atoms with Gasteiger partial charge in [0, 0.05) is 36.6 Å². The van der Waals surface area contributed by atoms with Crippen LogP contribution in [0.3, 0.4) is 0 Å². The maximum absolute atomic E-state index is 13.1. The highest BCUT2D eigenvalue weighted by atomic mass is 16.1. The minimum Gasteiger partial charge on any atom is -0.383 e. The molecule has 6 rings (SSSR count). The van der Waals surface area contributed by atoms with E-state index in [-0.39, 0.29) is 5.78 Å². The van der Waals surface area contributed by atoms with E-state index in [1.807, 2.05) is 16.5 Å². The molecule has 0 bridgehead atoms. The van der Waals surface area contributed by atoms with E-state index < -0.39 is 0 Å². The van der Waals surface area contributed by atoms with Gasteiger partial charge in [0.15, 0.2) is 0 Å². The Labute approximate surface area is 202 Å². The van der Waals surface area contributed by atoms with Crippen molar-refractivity contribution in [3.05, 3.63) is 88.9 Å². The van der Waals surface area contributed by atoms with Crippen LogP contribution in [0.25, 0.3) is 16.4 Å². The van der Waals surface area contributed by atoms with E-state index in [2.05, 4.69) is 57.4 Å². The topological polar surface area (TPSA) is 111 Å². The molecule has 0 atom stereocenters. The zero-order valence-electron chi connectivity index (χ0n) is 19.6. The number of carbonyl (C=O) groups excluding carboxylic acids is 1. The fraction of sp³-hybridized carbons (Fsp3) is 0.222. The number of nitrogen functional groups attached to an aromatic ring is 1. The number of aryl methyl sites for hydroxylation is 2. The van der Waals surface area contributed by atoms with E-state index in [1.165, 1.54) is 24.7 Å². The average molecular weight is 464 g/mol. The highest BCUT2D eigenvalue weighted by Gasteiger charge is 2.24. The fourth-order valence-corrected chi connectivity index (χ4v) is 4.67. The standard InChI is InChI=1S/C27H25N7O/c1-15-9-20-19(7-8-29-27(20)28)16(2)21(15)11-30-24-10-22(31-14-32-24)26(35)23-13-34-12-18(17-3-4-17)5-6-25(34)33-23/h5-10,12-14,17H,3-4,11H2,1-2H3,(H2,28,29)(H,30,31,32). The Balaban J connectivity index is 1.24. The molecule has 1 aliphatic carbocycles. The van der Waals surface area contributed by atoms with Gasteiger partial charge in [-0.3, -0.25) is 4.79 Å². The lowest BCUT2D eigenvalue weighted by molar-refractivity contribution is 0.103. The molecule has 1 fully saturated rings. The Kier molecular flexibility index (Phi) is 4.95. The molecule has 0 aliphatic heterocycles. The Morgan fingerprint density at radius 3 is 2.74 bits per heavy atom. The van der Waals surface area contributed by atoms with Crippen molar-refractivity contribution in [2.24, 2.45) is 0 Å². The van der Waals surface area contributed by atoms with Crippen molar-refractivity contribution >= 4 is 33.8 Å². The Bertz CT molecular complexity index is 1620. The van der Waals surface area contributed by atoms with Gasteiger partial charge >= 0.3 is 0 Å². The van der Waals surface area contributed by atoms with Gasteiger partial charge in [0.05, 0.1) is 0 Å². The van der Waals surface area contributed by atoms with E-state index >= 15 is 0 Å². The molecule has 0 spiro atoms. The summed E-state index contributed by atoms with van der Waals surface area (Å²) >= 11 is 0. The van der Waals surface area contributed by atoms with E-state index in [9.17, 15) is 4.79 Å². The molecule has 174 valence electrons. The number of ketones is 1. The predicted molar refractivity (Wildman–Crippen MR) is 136 cm³/mol. The van der Waals surface area contributed by atoms with Gasteiger partial charge in [-0.05, 0) is 78.4 Å². The summed E-state index contributed by atoms with van der Waals surface area (Å²) in [6, 6.07) is 9.79. The number of rotatable bonds is 6. The number of imidazole rings is 1. The molecule has 4 aromatic heterocycles. The number of carbonyl (C=O) groups is 1. The Morgan fingerprint density at radius 1 is 1.06 bits per heavy atom. The van der Waals surface area contributed by atoms with Crippen LogP contribution in [0.15, 0.2) is 55.2 Å². The maximum Gasteiger partial charge on any atom is 0.231 e. The fourth-order valence-electron chi connectivity index (χ4n) is 4.67. The lowest BCUT2D eigenvalue weighted by atomic mass is 9.96. The summed E-state index contributed by atoms with van der Waals surface area (Å²) in [4.78, 5) is 30.4. The van der Waals surface area contributed by atoms with Crippen molar-refractivity contribution in [1.29, 1.82) is 0 Å².